The Hall–Kier alpha value is -0.650. The summed E-state index contributed by atoms with van der Waals surface area (Å²) >= 11 is 0. The molecule has 3 atom stereocenters. The van der Waals surface area contributed by atoms with Gasteiger partial charge in [-0.3, -0.25) is 9.69 Å². The lowest BCUT2D eigenvalue weighted by molar-refractivity contribution is -0.130. The van der Waals surface area contributed by atoms with E-state index in [4.69, 9.17) is 4.74 Å². The van der Waals surface area contributed by atoms with Gasteiger partial charge in [0.05, 0.1) is 6.10 Å². The molecule has 0 aromatic rings. The molecule has 2 aliphatic rings. The number of piperazine rings is 1. The van der Waals surface area contributed by atoms with Gasteiger partial charge in [0.2, 0.25) is 5.91 Å². The molecular weight excluding hydrogens is 242 g/mol. The number of nitrogens with zero attached hydrogens (tertiary/aromatic N) is 1. The first-order valence-corrected chi connectivity index (χ1v) is 7.55. The van der Waals surface area contributed by atoms with Crippen molar-refractivity contribution in [2.75, 3.05) is 33.3 Å². The Morgan fingerprint density at radius 1 is 1.42 bits per heavy atom. The van der Waals surface area contributed by atoms with Crippen molar-refractivity contribution in [1.82, 2.24) is 15.5 Å². The first kappa shape index (κ1) is 14.8. The third-order valence-electron chi connectivity index (χ3n) is 4.33. The van der Waals surface area contributed by atoms with Gasteiger partial charge in [0.15, 0.2) is 0 Å². The quantitative estimate of drug-likeness (QED) is 0.773. The molecular formula is C14H27N3O2. The van der Waals surface area contributed by atoms with Gasteiger partial charge in [0, 0.05) is 39.3 Å². The number of hydrogen-bond acceptors (Lipinski definition) is 4. The zero-order valence-corrected chi connectivity index (χ0v) is 12.2. The molecule has 2 N–H and O–H groups in total. The second-order valence-corrected chi connectivity index (χ2v) is 5.48. The highest BCUT2D eigenvalue weighted by molar-refractivity contribution is 5.82. The van der Waals surface area contributed by atoms with Crippen LogP contribution in [0.5, 0.6) is 0 Å². The molecule has 1 aliphatic carbocycles. The lowest BCUT2D eigenvalue weighted by Crippen LogP contribution is -2.63. The third kappa shape index (κ3) is 3.46. The molecule has 5 nitrogen and oxygen atoms in total. The van der Waals surface area contributed by atoms with Crippen molar-refractivity contribution in [3.8, 4) is 0 Å². The number of methoxy groups -OCH3 is 1. The minimum Gasteiger partial charge on any atom is -0.380 e. The number of carbonyl (C=O) groups excluding carboxylic acids is 1. The predicted molar refractivity (Wildman–Crippen MR) is 75.1 cm³/mol. The van der Waals surface area contributed by atoms with Crippen LogP contribution >= 0.6 is 0 Å². The fourth-order valence-corrected chi connectivity index (χ4v) is 3.38. The maximum atomic E-state index is 12.2. The third-order valence-corrected chi connectivity index (χ3v) is 4.33. The van der Waals surface area contributed by atoms with Gasteiger partial charge in [-0.1, -0.05) is 12.8 Å². The van der Waals surface area contributed by atoms with Crippen molar-refractivity contribution >= 4 is 5.91 Å². The van der Waals surface area contributed by atoms with Gasteiger partial charge in [-0.25, -0.2) is 0 Å². The fourth-order valence-electron chi connectivity index (χ4n) is 3.38. The van der Waals surface area contributed by atoms with Crippen LogP contribution in [0.4, 0.5) is 0 Å². The Kier molecular flexibility index (Phi) is 5.60. The van der Waals surface area contributed by atoms with E-state index >= 15 is 0 Å². The van der Waals surface area contributed by atoms with Crippen LogP contribution in [0.1, 0.15) is 32.6 Å². The van der Waals surface area contributed by atoms with Gasteiger partial charge in [-0.05, 0) is 19.8 Å². The predicted octanol–water partition coefficient (Wildman–Crippen LogP) is 0.354. The van der Waals surface area contributed by atoms with E-state index in [1.165, 1.54) is 12.8 Å². The van der Waals surface area contributed by atoms with Gasteiger partial charge >= 0.3 is 0 Å². The largest absolute Gasteiger partial charge is 0.380 e. The topological polar surface area (TPSA) is 53.6 Å². The first-order chi connectivity index (χ1) is 9.27. The van der Waals surface area contributed by atoms with Crippen LogP contribution in [-0.2, 0) is 9.53 Å². The van der Waals surface area contributed by atoms with Crippen LogP contribution in [0.25, 0.3) is 0 Å². The second-order valence-electron chi connectivity index (χ2n) is 5.48. The maximum Gasteiger partial charge on any atom is 0.238 e. The molecule has 5 heteroatoms. The van der Waals surface area contributed by atoms with E-state index in [1.54, 1.807) is 7.11 Å². The molecule has 2 rings (SSSR count). The number of rotatable bonds is 4. The molecule has 0 bridgehead atoms. The first-order valence-electron chi connectivity index (χ1n) is 7.55. The average Bonchev–Trinajstić information content (AvgIpc) is 2.47. The van der Waals surface area contributed by atoms with Gasteiger partial charge in [0.1, 0.15) is 6.04 Å². The molecule has 1 saturated carbocycles. The molecule has 0 aromatic carbocycles. The molecule has 0 radical (unpaired) electrons. The van der Waals surface area contributed by atoms with Crippen molar-refractivity contribution in [1.29, 1.82) is 0 Å². The summed E-state index contributed by atoms with van der Waals surface area (Å²) in [6, 6.07) is 0.350. The van der Waals surface area contributed by atoms with Gasteiger partial charge in [-0.15, -0.1) is 0 Å². The van der Waals surface area contributed by atoms with Crippen LogP contribution in [-0.4, -0.2) is 62.3 Å². The molecule has 0 spiro atoms. The number of ether oxygens (including phenoxy) is 1. The summed E-state index contributed by atoms with van der Waals surface area (Å²) in [5.41, 5.74) is 0. The summed E-state index contributed by atoms with van der Waals surface area (Å²) in [7, 11) is 1.80. The second kappa shape index (κ2) is 7.22. The molecule has 3 unspecified atom stereocenters. The Labute approximate surface area is 116 Å². The normalized spacial score (nSPS) is 33.1. The van der Waals surface area contributed by atoms with Crippen molar-refractivity contribution in [2.45, 2.75) is 50.8 Å². The molecule has 1 amide bonds. The lowest BCUT2D eigenvalue weighted by atomic mass is 9.89. The number of amides is 1. The van der Waals surface area contributed by atoms with Crippen molar-refractivity contribution in [3.63, 3.8) is 0 Å². The molecule has 19 heavy (non-hydrogen) atoms. The van der Waals surface area contributed by atoms with Crippen molar-refractivity contribution < 1.29 is 9.53 Å². The van der Waals surface area contributed by atoms with Crippen LogP contribution in [0.3, 0.4) is 0 Å². The monoisotopic (exact) mass is 269 g/mol. The van der Waals surface area contributed by atoms with Crippen LogP contribution < -0.4 is 10.6 Å². The van der Waals surface area contributed by atoms with E-state index in [2.05, 4.69) is 15.5 Å². The summed E-state index contributed by atoms with van der Waals surface area (Å²) in [5, 5.41) is 6.29. The Morgan fingerprint density at radius 3 is 2.95 bits per heavy atom. The van der Waals surface area contributed by atoms with Crippen molar-refractivity contribution in [3.05, 3.63) is 0 Å². The highest BCUT2D eigenvalue weighted by Crippen LogP contribution is 2.27. The zero-order chi connectivity index (χ0) is 13.7. The van der Waals surface area contributed by atoms with Crippen molar-refractivity contribution in [2.24, 2.45) is 0 Å². The van der Waals surface area contributed by atoms with Crippen LogP contribution in [0, 0.1) is 0 Å². The number of nitrogens with one attached hydrogen (secondary N) is 2. The standard InChI is InChI=1S/C14H27N3O2/c1-3-16-14(18)12-10-15-8-9-17(12)11-6-4-5-7-13(11)19-2/h11-13,15H,3-10H2,1-2H3,(H,16,18). The summed E-state index contributed by atoms with van der Waals surface area (Å²) in [6.45, 7) is 5.31. The molecule has 110 valence electrons. The van der Waals surface area contributed by atoms with E-state index in [-0.39, 0.29) is 18.1 Å². The SMILES string of the molecule is CCNC(=O)C1CNCCN1C1CCCCC1OC. The van der Waals surface area contributed by atoms with E-state index < -0.39 is 0 Å². The van der Waals surface area contributed by atoms with E-state index in [0.29, 0.717) is 12.6 Å². The molecule has 1 heterocycles. The van der Waals surface area contributed by atoms with E-state index in [0.717, 1.165) is 32.5 Å². The summed E-state index contributed by atoms with van der Waals surface area (Å²) < 4.78 is 5.65. The smallest absolute Gasteiger partial charge is 0.238 e. The molecule has 0 aromatic heterocycles. The summed E-state index contributed by atoms with van der Waals surface area (Å²) in [5.74, 6) is 0.148. The molecule has 1 aliphatic heterocycles. The van der Waals surface area contributed by atoms with Gasteiger partial charge in [0.25, 0.3) is 0 Å². The Balaban J connectivity index is 2.06. The highest BCUT2D eigenvalue weighted by Gasteiger charge is 2.38. The number of carbonyl (C=O) groups is 1. The Morgan fingerprint density at radius 2 is 2.21 bits per heavy atom. The van der Waals surface area contributed by atoms with Crippen LogP contribution in [0.15, 0.2) is 0 Å². The number of likely N-dealkylation sites (N-methyl/N-ethyl adjacent to an activating group) is 1. The van der Waals surface area contributed by atoms with Gasteiger partial charge < -0.3 is 15.4 Å². The Bertz CT molecular complexity index is 298. The summed E-state index contributed by atoms with van der Waals surface area (Å²) in [4.78, 5) is 14.6. The van der Waals surface area contributed by atoms with E-state index in [9.17, 15) is 4.79 Å². The number of hydrogen-bond donors (Lipinski definition) is 2. The minimum absolute atomic E-state index is 0.0468. The fraction of sp³-hybridized carbons (Fsp3) is 0.929. The maximum absolute atomic E-state index is 12.2. The van der Waals surface area contributed by atoms with Gasteiger partial charge in [-0.2, -0.15) is 0 Å². The van der Waals surface area contributed by atoms with E-state index in [1.807, 2.05) is 6.92 Å². The lowest BCUT2D eigenvalue weighted by Gasteiger charge is -2.45. The van der Waals surface area contributed by atoms with Crippen LogP contribution in [0.2, 0.25) is 0 Å². The zero-order valence-electron chi connectivity index (χ0n) is 12.2. The summed E-state index contributed by atoms with van der Waals surface area (Å²) in [6.07, 6.45) is 5.04. The molecule has 1 saturated heterocycles. The average molecular weight is 269 g/mol. The highest BCUT2D eigenvalue weighted by atomic mass is 16.5. The molecule has 2 fully saturated rings. The minimum atomic E-state index is -0.0468.